The van der Waals surface area contributed by atoms with Gasteiger partial charge in [-0.3, -0.25) is 4.79 Å². The number of carbonyl (C=O) groups is 1. The van der Waals surface area contributed by atoms with Crippen LogP contribution in [0, 0.1) is 11.7 Å². The monoisotopic (exact) mass is 278 g/mol. The molecule has 0 radical (unpaired) electrons. The number of benzene rings is 1. The molecule has 0 heterocycles. The molecule has 6 heteroatoms. The van der Waals surface area contributed by atoms with Crippen molar-refractivity contribution in [3.05, 3.63) is 35.1 Å². The van der Waals surface area contributed by atoms with Gasteiger partial charge in [-0.15, -0.1) is 0 Å². The first-order chi connectivity index (χ1) is 8.75. The zero-order valence-corrected chi connectivity index (χ0v) is 10.6. The number of methoxy groups -OCH3 is 1. The van der Waals surface area contributed by atoms with E-state index in [4.69, 9.17) is 4.74 Å². The molecule has 1 aromatic carbocycles. The molecule has 0 fully saturated rings. The van der Waals surface area contributed by atoms with Crippen LogP contribution in [0.3, 0.4) is 0 Å². The summed E-state index contributed by atoms with van der Waals surface area (Å²) in [5, 5.41) is 0. The molecule has 0 aromatic heterocycles. The third-order valence-electron chi connectivity index (χ3n) is 2.58. The molecule has 1 rings (SSSR count). The van der Waals surface area contributed by atoms with E-state index < -0.39 is 23.3 Å². The molecule has 0 aliphatic carbocycles. The predicted octanol–water partition coefficient (Wildman–Crippen LogP) is 3.70. The lowest BCUT2D eigenvalue weighted by Crippen LogP contribution is -2.13. The topological polar surface area (TPSA) is 26.3 Å². The third kappa shape index (κ3) is 4.31. The first-order valence-electron chi connectivity index (χ1n) is 5.64. The minimum absolute atomic E-state index is 0.0524. The van der Waals surface area contributed by atoms with Crippen LogP contribution < -0.4 is 0 Å². The summed E-state index contributed by atoms with van der Waals surface area (Å²) in [7, 11) is 1.47. The Morgan fingerprint density at radius 3 is 2.53 bits per heavy atom. The number of ketones is 1. The number of hydrogen-bond acceptors (Lipinski definition) is 2. The van der Waals surface area contributed by atoms with Crippen LogP contribution in [0.25, 0.3) is 0 Å². The molecule has 1 aromatic rings. The van der Waals surface area contributed by atoms with Gasteiger partial charge in [0.2, 0.25) is 0 Å². The Bertz CT molecular complexity index is 454. The highest BCUT2D eigenvalue weighted by atomic mass is 19.4. The number of halogens is 4. The van der Waals surface area contributed by atoms with E-state index in [2.05, 4.69) is 0 Å². The van der Waals surface area contributed by atoms with Crippen LogP contribution in [0.4, 0.5) is 17.6 Å². The Kier molecular flexibility index (Phi) is 5.05. The molecule has 19 heavy (non-hydrogen) atoms. The SMILES string of the molecule is COCC(C)CC(=O)c1ccc(F)c(C(F)(F)F)c1. The lowest BCUT2D eigenvalue weighted by atomic mass is 9.98. The van der Waals surface area contributed by atoms with Crippen molar-refractivity contribution in [3.8, 4) is 0 Å². The Morgan fingerprint density at radius 2 is 2.00 bits per heavy atom. The lowest BCUT2D eigenvalue weighted by molar-refractivity contribution is -0.140. The number of rotatable bonds is 5. The number of alkyl halides is 3. The van der Waals surface area contributed by atoms with E-state index in [-0.39, 0.29) is 17.9 Å². The van der Waals surface area contributed by atoms with Gasteiger partial charge in [0.1, 0.15) is 5.82 Å². The van der Waals surface area contributed by atoms with E-state index in [0.717, 1.165) is 6.07 Å². The van der Waals surface area contributed by atoms with Gasteiger partial charge >= 0.3 is 6.18 Å². The molecule has 1 atom stereocenters. The largest absolute Gasteiger partial charge is 0.419 e. The highest BCUT2D eigenvalue weighted by Gasteiger charge is 2.34. The van der Waals surface area contributed by atoms with Crippen LogP contribution in [0.15, 0.2) is 18.2 Å². The molecule has 0 saturated carbocycles. The van der Waals surface area contributed by atoms with E-state index in [9.17, 15) is 22.4 Å². The van der Waals surface area contributed by atoms with Gasteiger partial charge in [-0.25, -0.2) is 4.39 Å². The van der Waals surface area contributed by atoms with Crippen LogP contribution in [-0.4, -0.2) is 19.5 Å². The van der Waals surface area contributed by atoms with Gasteiger partial charge in [0, 0.05) is 25.7 Å². The quantitative estimate of drug-likeness (QED) is 0.606. The summed E-state index contributed by atoms with van der Waals surface area (Å²) in [5.41, 5.74) is -1.56. The molecule has 0 bridgehead atoms. The summed E-state index contributed by atoms with van der Waals surface area (Å²) in [6.07, 6.45) is -4.75. The second kappa shape index (κ2) is 6.14. The summed E-state index contributed by atoms with van der Waals surface area (Å²) in [4.78, 5) is 11.8. The fourth-order valence-electron chi connectivity index (χ4n) is 1.69. The minimum Gasteiger partial charge on any atom is -0.384 e. The molecule has 2 nitrogen and oxygen atoms in total. The van der Waals surface area contributed by atoms with Crippen LogP contribution in [0.2, 0.25) is 0 Å². The van der Waals surface area contributed by atoms with Gasteiger partial charge in [0.25, 0.3) is 0 Å². The van der Waals surface area contributed by atoms with Gasteiger partial charge in [0.05, 0.1) is 5.56 Å². The van der Waals surface area contributed by atoms with E-state index >= 15 is 0 Å². The highest BCUT2D eigenvalue weighted by Crippen LogP contribution is 2.32. The molecule has 0 spiro atoms. The average Bonchev–Trinajstić information content (AvgIpc) is 2.27. The summed E-state index contributed by atoms with van der Waals surface area (Å²) in [6.45, 7) is 2.08. The van der Waals surface area contributed by atoms with Gasteiger partial charge in [-0.2, -0.15) is 13.2 Å². The van der Waals surface area contributed by atoms with Crippen molar-refractivity contribution >= 4 is 5.78 Å². The third-order valence-corrected chi connectivity index (χ3v) is 2.58. The Labute approximate surface area is 108 Å². The maximum absolute atomic E-state index is 13.1. The minimum atomic E-state index is -4.81. The maximum Gasteiger partial charge on any atom is 0.419 e. The van der Waals surface area contributed by atoms with Crippen molar-refractivity contribution in [2.75, 3.05) is 13.7 Å². The van der Waals surface area contributed by atoms with E-state index in [1.807, 2.05) is 0 Å². The second-order valence-corrected chi connectivity index (χ2v) is 4.38. The molecular weight excluding hydrogens is 264 g/mol. The first kappa shape index (κ1) is 15.6. The van der Waals surface area contributed by atoms with Gasteiger partial charge < -0.3 is 4.74 Å². The summed E-state index contributed by atoms with van der Waals surface area (Å²) < 4.78 is 55.4. The Hall–Kier alpha value is -1.43. The number of ether oxygens (including phenoxy) is 1. The Morgan fingerprint density at radius 1 is 1.37 bits per heavy atom. The van der Waals surface area contributed by atoms with Crippen LogP contribution in [-0.2, 0) is 10.9 Å². The van der Waals surface area contributed by atoms with Crippen LogP contribution >= 0.6 is 0 Å². The van der Waals surface area contributed by atoms with Gasteiger partial charge in [0.15, 0.2) is 5.78 Å². The lowest BCUT2D eigenvalue weighted by Gasteiger charge is -2.11. The molecule has 0 aliphatic rings. The van der Waals surface area contributed by atoms with Crippen molar-refractivity contribution in [1.82, 2.24) is 0 Å². The van der Waals surface area contributed by atoms with Gasteiger partial charge in [-0.05, 0) is 24.1 Å². The van der Waals surface area contributed by atoms with Crippen molar-refractivity contribution in [2.45, 2.75) is 19.5 Å². The molecule has 0 amide bonds. The number of carbonyl (C=O) groups excluding carboxylic acids is 1. The fourth-order valence-corrected chi connectivity index (χ4v) is 1.69. The predicted molar refractivity (Wildman–Crippen MR) is 61.4 cm³/mol. The van der Waals surface area contributed by atoms with E-state index in [0.29, 0.717) is 18.7 Å². The number of Topliss-reactive ketones (excluding diaryl/α,β-unsaturated/α-hetero) is 1. The zero-order chi connectivity index (χ0) is 14.6. The van der Waals surface area contributed by atoms with Gasteiger partial charge in [-0.1, -0.05) is 6.92 Å². The summed E-state index contributed by atoms with van der Waals surface area (Å²) >= 11 is 0. The average molecular weight is 278 g/mol. The molecule has 0 saturated heterocycles. The molecule has 0 aliphatic heterocycles. The fraction of sp³-hybridized carbons (Fsp3) is 0.462. The first-order valence-corrected chi connectivity index (χ1v) is 5.64. The summed E-state index contributed by atoms with van der Waals surface area (Å²) in [5.74, 6) is -1.96. The zero-order valence-electron chi connectivity index (χ0n) is 10.6. The second-order valence-electron chi connectivity index (χ2n) is 4.38. The highest BCUT2D eigenvalue weighted by molar-refractivity contribution is 5.96. The van der Waals surface area contributed by atoms with Crippen LogP contribution in [0.1, 0.15) is 29.3 Å². The van der Waals surface area contributed by atoms with Crippen molar-refractivity contribution in [1.29, 1.82) is 0 Å². The van der Waals surface area contributed by atoms with Crippen molar-refractivity contribution in [2.24, 2.45) is 5.92 Å². The van der Waals surface area contributed by atoms with E-state index in [1.54, 1.807) is 6.92 Å². The van der Waals surface area contributed by atoms with Crippen molar-refractivity contribution < 1.29 is 27.1 Å². The Balaban J connectivity index is 2.93. The molecule has 1 unspecified atom stereocenters. The molecule has 0 N–H and O–H groups in total. The summed E-state index contributed by atoms with van der Waals surface area (Å²) in [6, 6.07) is 2.28. The smallest absolute Gasteiger partial charge is 0.384 e. The molecule has 106 valence electrons. The number of hydrogen-bond donors (Lipinski definition) is 0. The maximum atomic E-state index is 13.1. The normalized spacial score (nSPS) is 13.4. The van der Waals surface area contributed by atoms with Crippen molar-refractivity contribution in [3.63, 3.8) is 0 Å². The standard InChI is InChI=1S/C13H14F4O2/c1-8(7-19-2)5-12(18)9-3-4-11(14)10(6-9)13(15,16)17/h3-4,6,8H,5,7H2,1-2H3. The molecular formula is C13H14F4O2. The van der Waals surface area contributed by atoms with Crippen LogP contribution in [0.5, 0.6) is 0 Å². The van der Waals surface area contributed by atoms with E-state index in [1.165, 1.54) is 7.11 Å².